The molecular weight excluding hydrogens is 423 g/mol. The molecule has 0 aliphatic carbocycles. The van der Waals surface area contributed by atoms with Gasteiger partial charge in [0.2, 0.25) is 0 Å². The van der Waals surface area contributed by atoms with E-state index in [0.717, 1.165) is 17.9 Å². The second-order valence-corrected chi connectivity index (χ2v) is 5.45. The molecule has 0 aliphatic heterocycles. The number of nitrogens with zero attached hydrogens (tertiary/aromatic N) is 5. The van der Waals surface area contributed by atoms with Crippen molar-refractivity contribution in [2.75, 3.05) is 37.5 Å². The smallest absolute Gasteiger partial charge is 0.150 e. The van der Waals surface area contributed by atoms with Gasteiger partial charge in [-0.15, -0.1) is 37.2 Å². The highest BCUT2D eigenvalue weighted by atomic mass is 35.5. The number of methoxy groups -OCH3 is 1. The van der Waals surface area contributed by atoms with Crippen LogP contribution < -0.4 is 10.2 Å². The molecule has 3 rings (SSSR count). The SMILES string of the molecule is COCCN(C)c1ccc(Nc2cncc(-c3ccccn3)n2)nc1.Cl.Cl.Cl. The lowest BCUT2D eigenvalue weighted by Crippen LogP contribution is -2.22. The summed E-state index contributed by atoms with van der Waals surface area (Å²) in [6.45, 7) is 1.48. The largest absolute Gasteiger partial charge is 0.383 e. The van der Waals surface area contributed by atoms with Crippen LogP contribution in [0.1, 0.15) is 0 Å². The number of anilines is 3. The quantitative estimate of drug-likeness (QED) is 0.588. The maximum atomic E-state index is 5.09. The molecule has 10 heteroatoms. The Morgan fingerprint density at radius 1 is 0.929 bits per heavy atom. The van der Waals surface area contributed by atoms with Gasteiger partial charge in [-0.25, -0.2) is 9.97 Å². The van der Waals surface area contributed by atoms with Gasteiger partial charge in [0.25, 0.3) is 0 Å². The molecular formula is C18H23Cl3N6O. The lowest BCUT2D eigenvalue weighted by atomic mass is 10.3. The third-order valence-electron chi connectivity index (χ3n) is 3.64. The zero-order chi connectivity index (χ0) is 17.5. The van der Waals surface area contributed by atoms with Crippen LogP contribution in [0.15, 0.2) is 55.1 Å². The first kappa shape index (κ1) is 25.8. The number of aromatic nitrogens is 4. The summed E-state index contributed by atoms with van der Waals surface area (Å²) in [6, 6.07) is 9.60. The molecule has 7 nitrogen and oxygen atoms in total. The van der Waals surface area contributed by atoms with Gasteiger partial charge >= 0.3 is 0 Å². The van der Waals surface area contributed by atoms with Crippen molar-refractivity contribution in [3.63, 3.8) is 0 Å². The Labute approximate surface area is 183 Å². The van der Waals surface area contributed by atoms with Gasteiger partial charge in [0.15, 0.2) is 5.82 Å². The van der Waals surface area contributed by atoms with Gasteiger partial charge in [-0.2, -0.15) is 0 Å². The molecule has 0 atom stereocenters. The minimum Gasteiger partial charge on any atom is -0.383 e. The topological polar surface area (TPSA) is 76.1 Å². The van der Waals surface area contributed by atoms with E-state index in [2.05, 4.69) is 30.2 Å². The van der Waals surface area contributed by atoms with Crippen molar-refractivity contribution in [3.8, 4) is 11.4 Å². The van der Waals surface area contributed by atoms with Crippen molar-refractivity contribution in [3.05, 3.63) is 55.1 Å². The highest BCUT2D eigenvalue weighted by molar-refractivity contribution is 5.86. The van der Waals surface area contributed by atoms with Gasteiger partial charge in [0.05, 0.1) is 36.6 Å². The summed E-state index contributed by atoms with van der Waals surface area (Å²) in [5.74, 6) is 1.33. The Morgan fingerprint density at radius 3 is 2.39 bits per heavy atom. The second kappa shape index (κ2) is 13.1. The van der Waals surface area contributed by atoms with Crippen LogP contribution in [0.3, 0.4) is 0 Å². The van der Waals surface area contributed by atoms with Crippen LogP contribution in [0.5, 0.6) is 0 Å². The Balaban J connectivity index is 0.00000243. The van der Waals surface area contributed by atoms with Gasteiger partial charge in [-0.05, 0) is 24.3 Å². The van der Waals surface area contributed by atoms with Crippen molar-refractivity contribution in [2.45, 2.75) is 0 Å². The molecule has 3 aromatic rings. The molecule has 28 heavy (non-hydrogen) atoms. The molecule has 0 saturated heterocycles. The van der Waals surface area contributed by atoms with Crippen LogP contribution in [0.25, 0.3) is 11.4 Å². The van der Waals surface area contributed by atoms with E-state index in [1.807, 2.05) is 43.6 Å². The molecule has 0 aliphatic rings. The molecule has 3 aromatic heterocycles. The summed E-state index contributed by atoms with van der Waals surface area (Å²) in [5.41, 5.74) is 2.51. The van der Waals surface area contributed by atoms with Crippen molar-refractivity contribution in [1.29, 1.82) is 0 Å². The molecule has 0 aromatic carbocycles. The molecule has 0 saturated carbocycles. The molecule has 0 fully saturated rings. The average Bonchev–Trinajstić information content (AvgIpc) is 2.67. The summed E-state index contributed by atoms with van der Waals surface area (Å²) in [6.07, 6.45) is 6.90. The van der Waals surface area contributed by atoms with Crippen LogP contribution in [0, 0.1) is 0 Å². The summed E-state index contributed by atoms with van der Waals surface area (Å²) in [4.78, 5) is 19.6. The monoisotopic (exact) mass is 444 g/mol. The van der Waals surface area contributed by atoms with Crippen LogP contribution in [0.4, 0.5) is 17.3 Å². The van der Waals surface area contributed by atoms with Crippen LogP contribution >= 0.6 is 37.2 Å². The second-order valence-electron chi connectivity index (χ2n) is 5.45. The standard InChI is InChI=1S/C18H20N6O.3ClH/c1-24(9-10-25-2)14-6-7-17(21-11-14)23-18-13-19-12-16(22-18)15-5-3-4-8-20-15;;;/h3-8,11-13H,9-10H2,1-2H3,(H,21,22,23);3*1H. The van der Waals surface area contributed by atoms with Gasteiger partial charge in [0.1, 0.15) is 11.5 Å². The zero-order valence-electron chi connectivity index (χ0n) is 15.5. The Morgan fingerprint density at radius 2 is 1.75 bits per heavy atom. The number of hydrogen-bond acceptors (Lipinski definition) is 7. The van der Waals surface area contributed by atoms with Crippen molar-refractivity contribution >= 4 is 54.5 Å². The van der Waals surface area contributed by atoms with Crippen molar-refractivity contribution in [1.82, 2.24) is 19.9 Å². The number of nitrogens with one attached hydrogen (secondary N) is 1. The lowest BCUT2D eigenvalue weighted by Gasteiger charge is -2.18. The average molecular weight is 446 g/mol. The summed E-state index contributed by atoms with van der Waals surface area (Å²) < 4.78 is 5.09. The minimum absolute atomic E-state index is 0. The van der Waals surface area contributed by atoms with Gasteiger partial charge < -0.3 is 15.0 Å². The van der Waals surface area contributed by atoms with Gasteiger partial charge in [-0.3, -0.25) is 9.97 Å². The first-order chi connectivity index (χ1) is 12.3. The van der Waals surface area contributed by atoms with E-state index in [0.29, 0.717) is 23.9 Å². The molecule has 0 spiro atoms. The molecule has 152 valence electrons. The maximum Gasteiger partial charge on any atom is 0.150 e. The molecule has 0 radical (unpaired) electrons. The van der Waals surface area contributed by atoms with E-state index in [1.54, 1.807) is 25.7 Å². The van der Waals surface area contributed by atoms with E-state index < -0.39 is 0 Å². The van der Waals surface area contributed by atoms with Crippen LogP contribution in [-0.2, 0) is 4.74 Å². The van der Waals surface area contributed by atoms with E-state index in [4.69, 9.17) is 4.74 Å². The Bertz CT molecular complexity index is 808. The number of hydrogen-bond donors (Lipinski definition) is 1. The summed E-state index contributed by atoms with van der Waals surface area (Å²) >= 11 is 0. The van der Waals surface area contributed by atoms with E-state index in [1.165, 1.54) is 0 Å². The van der Waals surface area contributed by atoms with Gasteiger partial charge in [-0.1, -0.05) is 6.07 Å². The number of rotatable bonds is 7. The fourth-order valence-electron chi connectivity index (χ4n) is 2.24. The molecule has 3 heterocycles. The summed E-state index contributed by atoms with van der Waals surface area (Å²) in [7, 11) is 3.70. The molecule has 1 N–H and O–H groups in total. The van der Waals surface area contributed by atoms with E-state index >= 15 is 0 Å². The maximum absolute atomic E-state index is 5.09. The van der Waals surface area contributed by atoms with Crippen molar-refractivity contribution < 1.29 is 4.74 Å². The van der Waals surface area contributed by atoms with Crippen LogP contribution in [-0.4, -0.2) is 47.2 Å². The fourth-order valence-corrected chi connectivity index (χ4v) is 2.24. The highest BCUT2D eigenvalue weighted by Gasteiger charge is 2.05. The first-order valence-electron chi connectivity index (χ1n) is 7.93. The Hall–Kier alpha value is -2.19. The lowest BCUT2D eigenvalue weighted by molar-refractivity contribution is 0.206. The number of halogens is 3. The van der Waals surface area contributed by atoms with Crippen molar-refractivity contribution in [2.24, 2.45) is 0 Å². The zero-order valence-corrected chi connectivity index (χ0v) is 17.9. The molecule has 0 amide bonds. The third-order valence-corrected chi connectivity index (χ3v) is 3.64. The fraction of sp³-hybridized carbons (Fsp3) is 0.222. The minimum atomic E-state index is 0. The van der Waals surface area contributed by atoms with Gasteiger partial charge in [0, 0.05) is 26.9 Å². The summed E-state index contributed by atoms with van der Waals surface area (Å²) in [5, 5.41) is 3.17. The van der Waals surface area contributed by atoms with E-state index in [9.17, 15) is 0 Å². The normalized spacial score (nSPS) is 9.36. The molecule has 0 unspecified atom stereocenters. The van der Waals surface area contributed by atoms with Crippen LogP contribution in [0.2, 0.25) is 0 Å². The predicted octanol–water partition coefficient (Wildman–Crippen LogP) is 4.03. The third kappa shape index (κ3) is 7.09. The van der Waals surface area contributed by atoms with E-state index in [-0.39, 0.29) is 37.2 Å². The number of likely N-dealkylation sites (N-methyl/N-ethyl adjacent to an activating group) is 1. The highest BCUT2D eigenvalue weighted by Crippen LogP contribution is 2.19. The predicted molar refractivity (Wildman–Crippen MR) is 120 cm³/mol. The number of pyridine rings is 2. The Kier molecular flexibility index (Phi) is 12.0. The number of ether oxygens (including phenoxy) is 1. The molecule has 0 bridgehead atoms. The first-order valence-corrected chi connectivity index (χ1v) is 7.93.